The van der Waals surface area contributed by atoms with Crippen LogP contribution in [0.4, 0.5) is 5.69 Å². The average molecular weight is 262 g/mol. The fourth-order valence-corrected chi connectivity index (χ4v) is 2.47. The van der Waals surface area contributed by atoms with Gasteiger partial charge in [0.05, 0.1) is 5.69 Å². The maximum Gasteiger partial charge on any atom is 0.256 e. The van der Waals surface area contributed by atoms with Crippen molar-refractivity contribution in [1.29, 1.82) is 0 Å². The Labute approximate surface area is 112 Å². The van der Waals surface area contributed by atoms with Crippen molar-refractivity contribution in [3.63, 3.8) is 0 Å². The molecule has 0 saturated heterocycles. The van der Waals surface area contributed by atoms with Crippen LogP contribution in [-0.4, -0.2) is 10.7 Å². The molecule has 2 N–H and O–H groups in total. The van der Waals surface area contributed by atoms with Gasteiger partial charge in [0.1, 0.15) is 5.76 Å². The first-order valence-electron chi connectivity index (χ1n) is 6.06. The van der Waals surface area contributed by atoms with Gasteiger partial charge in [-0.3, -0.25) is 0 Å². The summed E-state index contributed by atoms with van der Waals surface area (Å²) in [4.78, 5) is 4.35. The Morgan fingerprint density at radius 2 is 1.94 bits per heavy atom. The molecular formula is C14H18N2OS. The third-order valence-corrected chi connectivity index (χ3v) is 3.74. The summed E-state index contributed by atoms with van der Waals surface area (Å²) in [5.41, 5.74) is 8.77. The van der Waals surface area contributed by atoms with E-state index in [9.17, 15) is 0 Å². The molecule has 0 saturated carbocycles. The van der Waals surface area contributed by atoms with Crippen molar-refractivity contribution in [2.24, 2.45) is 0 Å². The summed E-state index contributed by atoms with van der Waals surface area (Å²) in [7, 11) is 0. The highest BCUT2D eigenvalue weighted by atomic mass is 32.2. The number of nitrogens with two attached hydrogens (primary N) is 1. The molecule has 0 aliphatic carbocycles. The molecule has 0 bridgehead atoms. The molecule has 0 spiro atoms. The fourth-order valence-electron chi connectivity index (χ4n) is 1.63. The number of oxazole rings is 1. The molecule has 2 aromatic rings. The second kappa shape index (κ2) is 5.96. The van der Waals surface area contributed by atoms with Crippen LogP contribution < -0.4 is 5.73 Å². The molecular weight excluding hydrogens is 244 g/mol. The summed E-state index contributed by atoms with van der Waals surface area (Å²) in [5, 5.41) is 0.780. The van der Waals surface area contributed by atoms with Gasteiger partial charge < -0.3 is 10.2 Å². The molecule has 0 aliphatic heterocycles. The molecule has 0 unspecified atom stereocenters. The summed E-state index contributed by atoms with van der Waals surface area (Å²) in [6.45, 7) is 3.91. The van der Waals surface area contributed by atoms with Crippen LogP contribution >= 0.6 is 11.8 Å². The lowest BCUT2D eigenvalue weighted by atomic mass is 10.1. The molecule has 0 amide bonds. The smallest absolute Gasteiger partial charge is 0.256 e. The van der Waals surface area contributed by atoms with E-state index in [0.29, 0.717) is 0 Å². The van der Waals surface area contributed by atoms with Gasteiger partial charge in [-0.2, -0.15) is 0 Å². The fraction of sp³-hybridized carbons (Fsp3) is 0.357. The van der Waals surface area contributed by atoms with E-state index in [2.05, 4.69) is 17.1 Å². The molecule has 0 fully saturated rings. The molecule has 1 aromatic carbocycles. The largest absolute Gasteiger partial charge is 0.437 e. The van der Waals surface area contributed by atoms with Gasteiger partial charge in [-0.05, 0) is 44.4 Å². The molecule has 2 rings (SSSR count). The van der Waals surface area contributed by atoms with Crippen LogP contribution in [0.2, 0.25) is 0 Å². The van der Waals surface area contributed by atoms with Crippen LogP contribution in [0.25, 0.3) is 0 Å². The number of nitrogen functional groups attached to an aromatic ring is 1. The SMILES string of the molecule is Cc1nc(SCCCc2ccc(N)cc2)oc1C. The van der Waals surface area contributed by atoms with Crippen LogP contribution in [0.3, 0.4) is 0 Å². The number of aromatic nitrogens is 1. The zero-order valence-electron chi connectivity index (χ0n) is 10.8. The number of aryl methyl sites for hydroxylation is 3. The molecule has 0 radical (unpaired) electrons. The first-order chi connectivity index (χ1) is 8.65. The predicted octanol–water partition coefficient (Wildman–Crippen LogP) is 3.60. The second-order valence-electron chi connectivity index (χ2n) is 4.31. The van der Waals surface area contributed by atoms with Gasteiger partial charge in [0.2, 0.25) is 0 Å². The molecule has 3 nitrogen and oxygen atoms in total. The molecule has 0 aliphatic rings. The lowest BCUT2D eigenvalue weighted by Crippen LogP contribution is -1.89. The monoisotopic (exact) mass is 262 g/mol. The van der Waals surface area contributed by atoms with Gasteiger partial charge in [0, 0.05) is 11.4 Å². The first kappa shape index (κ1) is 13.0. The third-order valence-electron chi connectivity index (χ3n) is 2.82. The Hall–Kier alpha value is -1.42. The van der Waals surface area contributed by atoms with Gasteiger partial charge in [-0.1, -0.05) is 23.9 Å². The van der Waals surface area contributed by atoms with Gasteiger partial charge in [0.15, 0.2) is 0 Å². The standard InChI is InChI=1S/C14H18N2OS/c1-10-11(2)17-14(16-10)18-9-3-4-12-5-7-13(15)8-6-12/h5-8H,3-4,9,15H2,1-2H3. The predicted molar refractivity (Wildman–Crippen MR) is 75.9 cm³/mol. The van der Waals surface area contributed by atoms with Crippen LogP contribution in [-0.2, 0) is 6.42 Å². The van der Waals surface area contributed by atoms with E-state index in [4.69, 9.17) is 10.2 Å². The maximum atomic E-state index is 5.65. The van der Waals surface area contributed by atoms with E-state index in [0.717, 1.165) is 41.0 Å². The summed E-state index contributed by atoms with van der Waals surface area (Å²) in [5.74, 6) is 1.93. The van der Waals surface area contributed by atoms with E-state index in [1.807, 2.05) is 26.0 Å². The van der Waals surface area contributed by atoms with Crippen molar-refractivity contribution in [1.82, 2.24) is 4.98 Å². The Bertz CT molecular complexity index is 486. The molecule has 4 heteroatoms. The summed E-state index contributed by atoms with van der Waals surface area (Å²) < 4.78 is 5.52. The summed E-state index contributed by atoms with van der Waals surface area (Å²) >= 11 is 1.68. The van der Waals surface area contributed by atoms with Crippen molar-refractivity contribution in [3.05, 3.63) is 41.3 Å². The van der Waals surface area contributed by atoms with E-state index in [-0.39, 0.29) is 0 Å². The van der Waals surface area contributed by atoms with Crippen LogP contribution in [0.15, 0.2) is 33.9 Å². The Kier molecular flexibility index (Phi) is 4.31. The van der Waals surface area contributed by atoms with E-state index < -0.39 is 0 Å². The third kappa shape index (κ3) is 3.53. The molecule has 0 atom stereocenters. The highest BCUT2D eigenvalue weighted by Gasteiger charge is 2.05. The van der Waals surface area contributed by atoms with Gasteiger partial charge in [-0.25, -0.2) is 4.98 Å². The minimum absolute atomic E-state index is 0.780. The van der Waals surface area contributed by atoms with Crippen molar-refractivity contribution >= 4 is 17.4 Å². The quantitative estimate of drug-likeness (QED) is 0.508. The van der Waals surface area contributed by atoms with Crippen molar-refractivity contribution in [2.45, 2.75) is 31.9 Å². The normalized spacial score (nSPS) is 10.8. The number of anilines is 1. The van der Waals surface area contributed by atoms with E-state index >= 15 is 0 Å². The molecule has 18 heavy (non-hydrogen) atoms. The van der Waals surface area contributed by atoms with Crippen molar-refractivity contribution in [2.75, 3.05) is 11.5 Å². The summed E-state index contributed by atoms with van der Waals surface area (Å²) in [6.07, 6.45) is 2.17. The first-order valence-corrected chi connectivity index (χ1v) is 7.05. The maximum absolute atomic E-state index is 5.65. The molecule has 1 heterocycles. The van der Waals surface area contributed by atoms with Crippen molar-refractivity contribution < 1.29 is 4.42 Å². The zero-order chi connectivity index (χ0) is 13.0. The Morgan fingerprint density at radius 3 is 2.56 bits per heavy atom. The number of hydrogen-bond acceptors (Lipinski definition) is 4. The molecule has 1 aromatic heterocycles. The topological polar surface area (TPSA) is 52.0 Å². The Morgan fingerprint density at radius 1 is 1.22 bits per heavy atom. The number of nitrogens with zero attached hydrogens (tertiary/aromatic N) is 1. The molecule has 96 valence electrons. The summed E-state index contributed by atoms with van der Waals surface area (Å²) in [6, 6.07) is 8.06. The highest BCUT2D eigenvalue weighted by molar-refractivity contribution is 7.99. The number of benzene rings is 1. The minimum atomic E-state index is 0.780. The van der Waals surface area contributed by atoms with Gasteiger partial charge >= 0.3 is 0 Å². The second-order valence-corrected chi connectivity index (χ2v) is 5.36. The van der Waals surface area contributed by atoms with Crippen molar-refractivity contribution in [3.8, 4) is 0 Å². The van der Waals surface area contributed by atoms with Gasteiger partial charge in [-0.15, -0.1) is 0 Å². The lowest BCUT2D eigenvalue weighted by molar-refractivity contribution is 0.431. The minimum Gasteiger partial charge on any atom is -0.437 e. The Balaban J connectivity index is 1.74. The number of hydrogen-bond donors (Lipinski definition) is 1. The van der Waals surface area contributed by atoms with Gasteiger partial charge in [0.25, 0.3) is 5.22 Å². The highest BCUT2D eigenvalue weighted by Crippen LogP contribution is 2.21. The van der Waals surface area contributed by atoms with E-state index in [1.54, 1.807) is 11.8 Å². The number of thioether (sulfide) groups is 1. The average Bonchev–Trinajstić information content (AvgIpc) is 2.67. The van der Waals surface area contributed by atoms with Crippen LogP contribution in [0.5, 0.6) is 0 Å². The lowest BCUT2D eigenvalue weighted by Gasteiger charge is -2.01. The van der Waals surface area contributed by atoms with E-state index in [1.165, 1.54) is 5.56 Å². The van der Waals surface area contributed by atoms with Crippen LogP contribution in [0, 0.1) is 13.8 Å². The zero-order valence-corrected chi connectivity index (χ0v) is 11.6. The van der Waals surface area contributed by atoms with Crippen LogP contribution in [0.1, 0.15) is 23.4 Å². The number of rotatable bonds is 5.